The second kappa shape index (κ2) is 5.99. The van der Waals surface area contributed by atoms with Crippen LogP contribution in [-0.2, 0) is 4.79 Å². The normalized spacial score (nSPS) is 11.1. The predicted molar refractivity (Wildman–Crippen MR) is 71.7 cm³/mol. The van der Waals surface area contributed by atoms with Gasteiger partial charge in [0.05, 0.1) is 0 Å². The van der Waals surface area contributed by atoms with Crippen LogP contribution in [0.15, 0.2) is 24.3 Å². The Morgan fingerprint density at radius 2 is 1.65 bits per heavy atom. The predicted octanol–water partition coefficient (Wildman–Crippen LogP) is 3.42. The van der Waals surface area contributed by atoms with Crippen LogP contribution in [0.3, 0.4) is 0 Å². The van der Waals surface area contributed by atoms with E-state index in [0.29, 0.717) is 12.1 Å². The summed E-state index contributed by atoms with van der Waals surface area (Å²) in [6.45, 7) is 0. The number of benzene rings is 2. The standard InChI is InChI=1S/C15H8F4O4/c16-8-5-7(12(17)14(19)13(8)18)11-6(2-4-10(21)22)1-3-9(20)15(11)23/h1-5,20,23H,(H,21,22). The molecular weight excluding hydrogens is 320 g/mol. The number of carboxylic acids is 1. The van der Waals surface area contributed by atoms with Crippen molar-refractivity contribution in [3.05, 3.63) is 53.1 Å². The van der Waals surface area contributed by atoms with Gasteiger partial charge in [0, 0.05) is 17.2 Å². The van der Waals surface area contributed by atoms with Crippen LogP contribution in [0.25, 0.3) is 17.2 Å². The van der Waals surface area contributed by atoms with Crippen LogP contribution in [0.1, 0.15) is 5.56 Å². The zero-order chi connectivity index (χ0) is 17.3. The van der Waals surface area contributed by atoms with E-state index in [0.717, 1.165) is 18.2 Å². The fraction of sp³-hybridized carbons (Fsp3) is 0. The van der Waals surface area contributed by atoms with Gasteiger partial charge >= 0.3 is 5.97 Å². The quantitative estimate of drug-likeness (QED) is 0.265. The molecule has 23 heavy (non-hydrogen) atoms. The van der Waals surface area contributed by atoms with Crippen molar-refractivity contribution in [3.8, 4) is 22.6 Å². The highest BCUT2D eigenvalue weighted by Gasteiger charge is 2.24. The number of hydrogen-bond acceptors (Lipinski definition) is 3. The van der Waals surface area contributed by atoms with E-state index >= 15 is 0 Å². The first-order valence-corrected chi connectivity index (χ1v) is 6.03. The number of aromatic hydroxyl groups is 2. The maximum Gasteiger partial charge on any atom is 0.328 e. The lowest BCUT2D eigenvalue weighted by atomic mass is 9.96. The van der Waals surface area contributed by atoms with Crippen LogP contribution in [0.4, 0.5) is 17.6 Å². The van der Waals surface area contributed by atoms with Crippen molar-refractivity contribution in [1.29, 1.82) is 0 Å². The van der Waals surface area contributed by atoms with E-state index in [1.807, 2.05) is 0 Å². The molecule has 0 aliphatic heterocycles. The van der Waals surface area contributed by atoms with Crippen molar-refractivity contribution in [2.24, 2.45) is 0 Å². The molecule has 0 spiro atoms. The summed E-state index contributed by atoms with van der Waals surface area (Å²) < 4.78 is 53.6. The number of rotatable bonds is 3. The molecule has 120 valence electrons. The molecule has 4 nitrogen and oxygen atoms in total. The van der Waals surface area contributed by atoms with Crippen molar-refractivity contribution in [2.75, 3.05) is 0 Å². The summed E-state index contributed by atoms with van der Waals surface area (Å²) in [6.07, 6.45) is 1.54. The number of phenolic OH excluding ortho intramolecular Hbond substituents is 2. The van der Waals surface area contributed by atoms with E-state index in [1.165, 1.54) is 0 Å². The van der Waals surface area contributed by atoms with Gasteiger partial charge in [-0.1, -0.05) is 6.07 Å². The maximum atomic E-state index is 13.9. The van der Waals surface area contributed by atoms with Crippen LogP contribution < -0.4 is 0 Å². The van der Waals surface area contributed by atoms with Gasteiger partial charge in [-0.25, -0.2) is 22.4 Å². The Morgan fingerprint density at radius 1 is 1.00 bits per heavy atom. The molecule has 0 fully saturated rings. The van der Waals surface area contributed by atoms with Gasteiger partial charge < -0.3 is 15.3 Å². The summed E-state index contributed by atoms with van der Waals surface area (Å²) in [7, 11) is 0. The fourth-order valence-electron chi connectivity index (χ4n) is 1.93. The van der Waals surface area contributed by atoms with E-state index in [2.05, 4.69) is 0 Å². The molecule has 0 saturated heterocycles. The second-order valence-electron chi connectivity index (χ2n) is 4.42. The smallest absolute Gasteiger partial charge is 0.328 e. The van der Waals surface area contributed by atoms with Gasteiger partial charge in [-0.05, 0) is 23.8 Å². The van der Waals surface area contributed by atoms with E-state index in [1.54, 1.807) is 0 Å². The molecule has 2 aromatic rings. The van der Waals surface area contributed by atoms with Gasteiger partial charge in [-0.3, -0.25) is 0 Å². The summed E-state index contributed by atoms with van der Waals surface area (Å²) in [5.41, 5.74) is -1.62. The average molecular weight is 328 g/mol. The lowest BCUT2D eigenvalue weighted by Crippen LogP contribution is -2.00. The van der Waals surface area contributed by atoms with Crippen LogP contribution in [0.5, 0.6) is 11.5 Å². The topological polar surface area (TPSA) is 77.8 Å². The first-order chi connectivity index (χ1) is 10.7. The molecule has 0 aliphatic rings. The molecule has 0 atom stereocenters. The number of carbonyl (C=O) groups is 1. The Morgan fingerprint density at radius 3 is 2.26 bits per heavy atom. The molecule has 2 aromatic carbocycles. The third-order valence-corrected chi connectivity index (χ3v) is 2.97. The molecule has 8 heteroatoms. The Bertz CT molecular complexity index is 831. The number of halogens is 4. The van der Waals surface area contributed by atoms with Crippen LogP contribution >= 0.6 is 0 Å². The Labute approximate surface area is 126 Å². The van der Waals surface area contributed by atoms with Gasteiger partial charge in [0.2, 0.25) is 0 Å². The molecule has 0 unspecified atom stereocenters. The average Bonchev–Trinajstić information content (AvgIpc) is 2.50. The summed E-state index contributed by atoms with van der Waals surface area (Å²) in [5.74, 6) is -10.7. The van der Waals surface area contributed by atoms with Gasteiger partial charge in [-0.15, -0.1) is 0 Å². The van der Waals surface area contributed by atoms with Gasteiger partial charge in [0.15, 0.2) is 34.8 Å². The molecular formula is C15H8F4O4. The van der Waals surface area contributed by atoms with E-state index in [-0.39, 0.29) is 5.56 Å². The number of phenols is 2. The van der Waals surface area contributed by atoms with Crippen LogP contribution in [0.2, 0.25) is 0 Å². The second-order valence-corrected chi connectivity index (χ2v) is 4.42. The Kier molecular flexibility index (Phi) is 4.26. The van der Waals surface area contributed by atoms with Crippen molar-refractivity contribution in [1.82, 2.24) is 0 Å². The first kappa shape index (κ1) is 16.3. The summed E-state index contributed by atoms with van der Waals surface area (Å²) in [4.78, 5) is 10.5. The molecule has 0 radical (unpaired) electrons. The van der Waals surface area contributed by atoms with Crippen molar-refractivity contribution in [3.63, 3.8) is 0 Å². The minimum atomic E-state index is -2.10. The van der Waals surface area contributed by atoms with E-state index in [9.17, 15) is 32.6 Å². The minimum absolute atomic E-state index is 0.160. The van der Waals surface area contributed by atoms with Crippen LogP contribution in [0, 0.1) is 23.3 Å². The largest absolute Gasteiger partial charge is 0.504 e. The summed E-state index contributed by atoms with van der Waals surface area (Å²) in [5, 5.41) is 27.9. The Hall–Kier alpha value is -3.03. The minimum Gasteiger partial charge on any atom is -0.504 e. The SMILES string of the molecule is O=C(O)C=Cc1ccc(O)c(O)c1-c1cc(F)c(F)c(F)c1F. The van der Waals surface area contributed by atoms with Gasteiger partial charge in [-0.2, -0.15) is 0 Å². The monoisotopic (exact) mass is 328 g/mol. The number of aliphatic carboxylic acids is 1. The maximum absolute atomic E-state index is 13.9. The summed E-state index contributed by atoms with van der Waals surface area (Å²) >= 11 is 0. The van der Waals surface area contributed by atoms with Crippen molar-refractivity contribution >= 4 is 12.0 Å². The number of hydrogen-bond donors (Lipinski definition) is 3. The lowest BCUT2D eigenvalue weighted by molar-refractivity contribution is -0.131. The highest BCUT2D eigenvalue weighted by atomic mass is 19.2. The molecule has 0 amide bonds. The zero-order valence-electron chi connectivity index (χ0n) is 11.1. The van der Waals surface area contributed by atoms with E-state index in [4.69, 9.17) is 5.11 Å². The summed E-state index contributed by atoms with van der Waals surface area (Å²) in [6, 6.07) is 2.34. The third-order valence-electron chi connectivity index (χ3n) is 2.97. The fourth-order valence-corrected chi connectivity index (χ4v) is 1.93. The molecule has 0 bridgehead atoms. The molecule has 3 N–H and O–H groups in total. The highest BCUT2D eigenvalue weighted by Crippen LogP contribution is 2.41. The van der Waals surface area contributed by atoms with Gasteiger partial charge in [0.1, 0.15) is 0 Å². The lowest BCUT2D eigenvalue weighted by Gasteiger charge is -2.12. The highest BCUT2D eigenvalue weighted by molar-refractivity contribution is 5.90. The molecule has 0 aromatic heterocycles. The molecule has 0 aliphatic carbocycles. The first-order valence-electron chi connectivity index (χ1n) is 6.03. The third kappa shape index (κ3) is 2.96. The Balaban J connectivity index is 2.82. The van der Waals surface area contributed by atoms with Gasteiger partial charge in [0.25, 0.3) is 0 Å². The molecule has 0 saturated carbocycles. The van der Waals surface area contributed by atoms with Crippen LogP contribution in [-0.4, -0.2) is 21.3 Å². The molecule has 0 heterocycles. The van der Waals surface area contributed by atoms with E-state index < -0.39 is 51.9 Å². The van der Waals surface area contributed by atoms with Crippen molar-refractivity contribution in [2.45, 2.75) is 0 Å². The molecule has 2 rings (SSSR count). The van der Waals surface area contributed by atoms with Crippen molar-refractivity contribution < 1.29 is 37.7 Å². The number of carboxylic acid groups (broad SMARTS) is 1. The zero-order valence-corrected chi connectivity index (χ0v) is 11.1.